The minimum atomic E-state index is -4.29. The van der Waals surface area contributed by atoms with Crippen LogP contribution in [0.5, 0.6) is 0 Å². The van der Waals surface area contributed by atoms with Gasteiger partial charge < -0.3 is 9.57 Å². The number of nitrogens with zero attached hydrogens (tertiary/aromatic N) is 1. The van der Waals surface area contributed by atoms with E-state index in [-0.39, 0.29) is 5.71 Å². The van der Waals surface area contributed by atoms with Crippen LogP contribution in [0, 0.1) is 0 Å². The number of hydrogen-bond donors (Lipinski definition) is 0. The van der Waals surface area contributed by atoms with Crippen LogP contribution >= 0.6 is 11.8 Å². The first-order chi connectivity index (χ1) is 7.85. The Morgan fingerprint density at radius 3 is 2.35 bits per heavy atom. The molecule has 0 aromatic carbocycles. The van der Waals surface area contributed by atoms with Crippen LogP contribution in [0.3, 0.4) is 0 Å². The zero-order chi connectivity index (χ0) is 13.5. The van der Waals surface area contributed by atoms with Crippen molar-refractivity contribution >= 4 is 23.4 Å². The molecule has 17 heavy (non-hydrogen) atoms. The summed E-state index contributed by atoms with van der Waals surface area (Å²) in [5.74, 6) is -1.83. The Morgan fingerprint density at radius 1 is 1.41 bits per heavy atom. The second kappa shape index (κ2) is 7.41. The Kier molecular flexibility index (Phi) is 7.01. The summed E-state index contributed by atoms with van der Waals surface area (Å²) in [5, 5.41) is 2.72. The van der Waals surface area contributed by atoms with Crippen LogP contribution < -0.4 is 0 Å². The molecular weight excluding hydrogens is 259 g/mol. The lowest BCUT2D eigenvalue weighted by atomic mass is 10.2. The molecule has 0 bridgehead atoms. The maximum absolute atomic E-state index is 12.1. The summed E-state index contributed by atoms with van der Waals surface area (Å²) in [6.07, 6.45) is -3.97. The highest BCUT2D eigenvalue weighted by atomic mass is 32.2. The number of carbonyl (C=O) groups excluding carboxylic acids is 1. The van der Waals surface area contributed by atoms with Crippen molar-refractivity contribution in [1.29, 1.82) is 0 Å². The van der Waals surface area contributed by atoms with E-state index < -0.39 is 23.1 Å². The number of thioether (sulfide) groups is 1. The summed E-state index contributed by atoms with van der Waals surface area (Å²) in [4.78, 5) is 15.7. The highest BCUT2D eigenvalue weighted by Crippen LogP contribution is 2.26. The number of carbonyl (C=O) groups is 1. The summed E-state index contributed by atoms with van der Waals surface area (Å²) < 4.78 is 40.7. The Bertz CT molecular complexity index is 281. The van der Waals surface area contributed by atoms with Gasteiger partial charge in [-0.2, -0.15) is 13.2 Å². The lowest BCUT2D eigenvalue weighted by Crippen LogP contribution is -2.29. The van der Waals surface area contributed by atoms with E-state index in [1.807, 2.05) is 0 Å². The van der Waals surface area contributed by atoms with E-state index >= 15 is 0 Å². The van der Waals surface area contributed by atoms with Crippen LogP contribution in [0.4, 0.5) is 13.2 Å². The van der Waals surface area contributed by atoms with Crippen molar-refractivity contribution in [2.24, 2.45) is 5.16 Å². The fourth-order valence-electron chi connectivity index (χ4n) is 1.02. The van der Waals surface area contributed by atoms with E-state index in [0.29, 0.717) is 18.2 Å². The van der Waals surface area contributed by atoms with Gasteiger partial charge in [0.25, 0.3) is 0 Å². The first-order valence-corrected chi connectivity index (χ1v) is 5.78. The predicted molar refractivity (Wildman–Crippen MR) is 59.1 cm³/mol. The molecule has 0 aromatic rings. The van der Waals surface area contributed by atoms with E-state index in [9.17, 15) is 18.0 Å². The van der Waals surface area contributed by atoms with Gasteiger partial charge in [0.1, 0.15) is 7.11 Å². The molecule has 0 aliphatic carbocycles. The predicted octanol–water partition coefficient (Wildman–Crippen LogP) is 2.24. The lowest BCUT2D eigenvalue weighted by molar-refractivity contribution is -0.133. The quantitative estimate of drug-likeness (QED) is 0.423. The van der Waals surface area contributed by atoms with Gasteiger partial charge in [-0.25, -0.2) is 4.79 Å². The number of hydrogen-bond acceptors (Lipinski definition) is 5. The minimum absolute atomic E-state index is 0.147. The van der Waals surface area contributed by atoms with Crippen molar-refractivity contribution < 1.29 is 27.5 Å². The Hall–Kier alpha value is -0.920. The lowest BCUT2D eigenvalue weighted by Gasteiger charge is -2.15. The van der Waals surface area contributed by atoms with Crippen molar-refractivity contribution in [3.05, 3.63) is 0 Å². The van der Waals surface area contributed by atoms with Gasteiger partial charge in [-0.15, -0.1) is 11.8 Å². The number of oxime groups is 1. The maximum Gasteiger partial charge on any atom is 0.397 e. The molecule has 0 saturated carbocycles. The molecule has 0 saturated heterocycles. The molecule has 0 amide bonds. The monoisotopic (exact) mass is 273 g/mol. The van der Waals surface area contributed by atoms with Gasteiger partial charge in [0, 0.05) is 0 Å². The Labute approximate surface area is 102 Å². The standard InChI is InChI=1S/C9H14F3NO3S/c1-4-6(17-5-9(10,11)12)7(13-16-3)8(14)15-2/h6H,4-5H2,1-3H3. The van der Waals surface area contributed by atoms with E-state index in [4.69, 9.17) is 0 Å². The third-order valence-electron chi connectivity index (χ3n) is 1.71. The summed E-state index contributed by atoms with van der Waals surface area (Å²) in [7, 11) is 2.35. The van der Waals surface area contributed by atoms with Crippen molar-refractivity contribution in [3.63, 3.8) is 0 Å². The molecule has 0 radical (unpaired) electrons. The van der Waals surface area contributed by atoms with Gasteiger partial charge >= 0.3 is 12.1 Å². The number of esters is 1. The fraction of sp³-hybridized carbons (Fsp3) is 0.778. The van der Waals surface area contributed by atoms with Crippen LogP contribution in [-0.2, 0) is 14.4 Å². The molecule has 4 nitrogen and oxygen atoms in total. The van der Waals surface area contributed by atoms with Crippen LogP contribution in [0.25, 0.3) is 0 Å². The SMILES string of the molecule is CCC(SCC(F)(F)F)C(=NOC)C(=O)OC. The minimum Gasteiger partial charge on any atom is -0.464 e. The largest absolute Gasteiger partial charge is 0.464 e. The molecular formula is C9H14F3NO3S. The summed E-state index contributed by atoms with van der Waals surface area (Å²) in [6, 6.07) is 0. The first kappa shape index (κ1) is 16.1. The van der Waals surface area contributed by atoms with Crippen molar-refractivity contribution in [2.75, 3.05) is 20.0 Å². The first-order valence-electron chi connectivity index (χ1n) is 4.73. The number of halogens is 3. The van der Waals surface area contributed by atoms with Gasteiger partial charge in [0.05, 0.1) is 18.1 Å². The maximum atomic E-state index is 12.1. The van der Waals surface area contributed by atoms with E-state index in [2.05, 4.69) is 14.7 Å². The van der Waals surface area contributed by atoms with E-state index in [0.717, 1.165) is 7.11 Å². The van der Waals surface area contributed by atoms with Gasteiger partial charge in [0.2, 0.25) is 0 Å². The number of rotatable bonds is 6. The summed E-state index contributed by atoms with van der Waals surface area (Å²) in [5.41, 5.74) is -0.147. The molecule has 0 aliphatic rings. The van der Waals surface area contributed by atoms with Crippen molar-refractivity contribution in [1.82, 2.24) is 0 Å². The second-order valence-corrected chi connectivity index (χ2v) is 4.16. The van der Waals surface area contributed by atoms with Gasteiger partial charge in [0.15, 0.2) is 5.71 Å². The number of alkyl halides is 3. The molecule has 1 atom stereocenters. The molecule has 8 heteroatoms. The fourth-order valence-corrected chi connectivity index (χ4v) is 1.94. The third-order valence-corrected chi connectivity index (χ3v) is 3.16. The normalized spacial score (nSPS) is 14.4. The summed E-state index contributed by atoms with van der Waals surface area (Å²) in [6.45, 7) is 1.65. The second-order valence-electron chi connectivity index (χ2n) is 2.97. The van der Waals surface area contributed by atoms with Crippen LogP contribution in [-0.4, -0.2) is 43.1 Å². The van der Waals surface area contributed by atoms with Gasteiger partial charge in [-0.1, -0.05) is 12.1 Å². The summed E-state index contributed by atoms with van der Waals surface area (Å²) >= 11 is 0.584. The number of ether oxygens (including phenoxy) is 1. The van der Waals surface area contributed by atoms with E-state index in [1.54, 1.807) is 6.92 Å². The Morgan fingerprint density at radius 2 is 2.00 bits per heavy atom. The van der Waals surface area contributed by atoms with Crippen LogP contribution in [0.2, 0.25) is 0 Å². The molecule has 0 heterocycles. The smallest absolute Gasteiger partial charge is 0.397 e. The molecule has 1 unspecified atom stereocenters. The van der Waals surface area contributed by atoms with Gasteiger partial charge in [-0.3, -0.25) is 0 Å². The average molecular weight is 273 g/mol. The van der Waals surface area contributed by atoms with Crippen molar-refractivity contribution in [3.8, 4) is 0 Å². The Balaban J connectivity index is 4.69. The van der Waals surface area contributed by atoms with E-state index in [1.165, 1.54) is 7.11 Å². The third kappa shape index (κ3) is 6.40. The molecule has 100 valence electrons. The molecule has 0 fully saturated rings. The van der Waals surface area contributed by atoms with Crippen molar-refractivity contribution in [2.45, 2.75) is 24.8 Å². The molecule has 0 N–H and O–H groups in total. The topological polar surface area (TPSA) is 47.9 Å². The average Bonchev–Trinajstić information content (AvgIpc) is 2.26. The van der Waals surface area contributed by atoms with Gasteiger partial charge in [-0.05, 0) is 6.42 Å². The molecule has 0 rings (SSSR count). The zero-order valence-electron chi connectivity index (χ0n) is 9.71. The van der Waals surface area contributed by atoms with Crippen LogP contribution in [0.15, 0.2) is 5.16 Å². The highest BCUT2D eigenvalue weighted by Gasteiger charge is 2.32. The number of methoxy groups -OCH3 is 1. The zero-order valence-corrected chi connectivity index (χ0v) is 10.5. The molecule has 0 aromatic heterocycles. The van der Waals surface area contributed by atoms with Crippen LogP contribution in [0.1, 0.15) is 13.3 Å². The molecule has 0 spiro atoms. The highest BCUT2D eigenvalue weighted by molar-refractivity contribution is 8.00. The molecule has 0 aliphatic heterocycles.